The molecule has 0 spiro atoms. The van der Waals surface area contributed by atoms with Gasteiger partial charge in [-0.3, -0.25) is 4.99 Å². The van der Waals surface area contributed by atoms with E-state index in [-0.39, 0.29) is 0 Å². The third-order valence-electron chi connectivity index (χ3n) is 1.37. The molecule has 0 N–H and O–H groups in total. The van der Waals surface area contributed by atoms with Gasteiger partial charge in [-0.1, -0.05) is 44.0 Å². The largest absolute Gasteiger partial charge is 0.253 e. The van der Waals surface area contributed by atoms with Gasteiger partial charge in [0.1, 0.15) is 6.34 Å². The molecule has 0 saturated heterocycles. The lowest BCUT2D eigenvalue weighted by atomic mass is 10.1. The molecule has 0 radical (unpaired) electrons. The summed E-state index contributed by atoms with van der Waals surface area (Å²) in [7, 11) is 0. The van der Waals surface area contributed by atoms with E-state index in [1.807, 2.05) is 6.08 Å². The third kappa shape index (κ3) is 4.16. The molecule has 72 valence electrons. The summed E-state index contributed by atoms with van der Waals surface area (Å²) in [5, 5.41) is 0. The standard InChI is InChI=1S/C12H14N2/c1-5-8-11(7-3)12(9-6-2)14-10-13-4/h5-10H,1-4H2/b11-8-,12-9+,14-10-. The van der Waals surface area contributed by atoms with Crippen molar-refractivity contribution < 1.29 is 0 Å². The Balaban J connectivity index is 5.07. The first-order valence-corrected chi connectivity index (χ1v) is 4.06. The Morgan fingerprint density at radius 2 is 1.64 bits per heavy atom. The van der Waals surface area contributed by atoms with E-state index in [1.54, 1.807) is 24.3 Å². The number of nitrogens with zero attached hydrogens (tertiary/aromatic N) is 2. The van der Waals surface area contributed by atoms with Crippen LogP contribution >= 0.6 is 0 Å². The monoisotopic (exact) mass is 186 g/mol. The number of aliphatic imine (C=N–C) groups is 2. The molecule has 0 aromatic carbocycles. The first-order chi connectivity index (χ1) is 6.79. The van der Waals surface area contributed by atoms with E-state index >= 15 is 0 Å². The molecule has 0 heterocycles. The maximum Gasteiger partial charge on any atom is 0.115 e. The van der Waals surface area contributed by atoms with Crippen molar-refractivity contribution in [3.8, 4) is 0 Å². The van der Waals surface area contributed by atoms with Crippen LogP contribution in [-0.2, 0) is 0 Å². The molecule has 0 bridgehead atoms. The second-order valence-corrected chi connectivity index (χ2v) is 2.28. The van der Waals surface area contributed by atoms with Gasteiger partial charge in [-0.15, -0.1) is 0 Å². The van der Waals surface area contributed by atoms with Gasteiger partial charge in [0, 0.05) is 0 Å². The summed E-state index contributed by atoms with van der Waals surface area (Å²) in [5.41, 5.74) is 1.59. The lowest BCUT2D eigenvalue weighted by molar-refractivity contribution is 1.35. The quantitative estimate of drug-likeness (QED) is 0.346. The number of hydrogen-bond donors (Lipinski definition) is 0. The van der Waals surface area contributed by atoms with Gasteiger partial charge in [-0.05, 0) is 18.4 Å². The van der Waals surface area contributed by atoms with E-state index in [0.717, 1.165) is 11.3 Å². The van der Waals surface area contributed by atoms with E-state index in [4.69, 9.17) is 0 Å². The predicted octanol–water partition coefficient (Wildman–Crippen LogP) is 3.08. The Bertz CT molecular complexity index is 317. The van der Waals surface area contributed by atoms with Crippen LogP contribution in [0.25, 0.3) is 0 Å². The van der Waals surface area contributed by atoms with Crippen LogP contribution in [0.4, 0.5) is 0 Å². The molecular formula is C12H14N2. The molecule has 0 saturated carbocycles. The lowest BCUT2D eigenvalue weighted by Crippen LogP contribution is -1.83. The van der Waals surface area contributed by atoms with Crippen LogP contribution in [0.5, 0.6) is 0 Å². The second kappa shape index (κ2) is 7.68. The molecule has 2 nitrogen and oxygen atoms in total. The zero-order valence-electron chi connectivity index (χ0n) is 8.19. The summed E-state index contributed by atoms with van der Waals surface area (Å²) in [5.74, 6) is 0. The van der Waals surface area contributed by atoms with Crippen LogP contribution in [0.15, 0.2) is 71.4 Å². The molecule has 0 fully saturated rings. The van der Waals surface area contributed by atoms with Gasteiger partial charge in [0.05, 0.1) is 5.70 Å². The van der Waals surface area contributed by atoms with E-state index < -0.39 is 0 Å². The van der Waals surface area contributed by atoms with Crippen molar-refractivity contribution in [3.63, 3.8) is 0 Å². The molecule has 0 aliphatic heterocycles. The minimum absolute atomic E-state index is 0.724. The first kappa shape index (κ1) is 12.0. The van der Waals surface area contributed by atoms with E-state index in [2.05, 4.69) is 36.4 Å². The van der Waals surface area contributed by atoms with Gasteiger partial charge in [0.2, 0.25) is 0 Å². The lowest BCUT2D eigenvalue weighted by Gasteiger charge is -1.99. The highest BCUT2D eigenvalue weighted by atomic mass is 14.8. The van der Waals surface area contributed by atoms with Gasteiger partial charge in [0.25, 0.3) is 0 Å². The molecule has 0 unspecified atom stereocenters. The highest BCUT2D eigenvalue weighted by Crippen LogP contribution is 2.12. The molecule has 0 aliphatic carbocycles. The molecule has 0 amide bonds. The Morgan fingerprint density at radius 3 is 2.07 bits per heavy atom. The number of allylic oxidation sites excluding steroid dienone is 5. The summed E-state index contributed by atoms with van der Waals surface area (Å²) < 4.78 is 0. The third-order valence-corrected chi connectivity index (χ3v) is 1.37. The molecule has 14 heavy (non-hydrogen) atoms. The fourth-order valence-corrected chi connectivity index (χ4v) is 0.813. The van der Waals surface area contributed by atoms with Crippen molar-refractivity contribution in [2.45, 2.75) is 0 Å². The van der Waals surface area contributed by atoms with Crippen LogP contribution in [0.1, 0.15) is 0 Å². The van der Waals surface area contributed by atoms with Crippen molar-refractivity contribution >= 4 is 13.1 Å². The topological polar surface area (TPSA) is 24.7 Å². The van der Waals surface area contributed by atoms with Crippen molar-refractivity contribution in [3.05, 3.63) is 61.4 Å². The fraction of sp³-hybridized carbons (Fsp3) is 0. The molecule has 0 rings (SSSR count). The maximum absolute atomic E-state index is 4.07. The van der Waals surface area contributed by atoms with Gasteiger partial charge in [-0.25, -0.2) is 4.99 Å². The highest BCUT2D eigenvalue weighted by Gasteiger charge is 1.95. The van der Waals surface area contributed by atoms with Crippen LogP contribution in [0.3, 0.4) is 0 Å². The molecule has 0 aromatic rings. The molecule has 0 aromatic heterocycles. The zero-order valence-corrected chi connectivity index (χ0v) is 8.19. The molecule has 0 aliphatic rings. The van der Waals surface area contributed by atoms with Crippen molar-refractivity contribution in [1.82, 2.24) is 0 Å². The minimum Gasteiger partial charge on any atom is -0.253 e. The van der Waals surface area contributed by atoms with Gasteiger partial charge in [-0.2, -0.15) is 0 Å². The van der Waals surface area contributed by atoms with Crippen molar-refractivity contribution in [1.29, 1.82) is 0 Å². The normalized spacial score (nSPS) is 12.6. The summed E-state index contributed by atoms with van der Waals surface area (Å²) >= 11 is 0. The minimum atomic E-state index is 0.724. The summed E-state index contributed by atoms with van der Waals surface area (Å²) in [4.78, 5) is 7.60. The zero-order chi connectivity index (χ0) is 10.8. The van der Waals surface area contributed by atoms with Crippen LogP contribution in [0, 0.1) is 0 Å². The summed E-state index contributed by atoms with van der Waals surface area (Å²) in [6.07, 6.45) is 9.95. The average molecular weight is 186 g/mol. The van der Waals surface area contributed by atoms with Crippen molar-refractivity contribution in [2.75, 3.05) is 0 Å². The van der Waals surface area contributed by atoms with Gasteiger partial charge >= 0.3 is 0 Å². The Labute approximate surface area is 85.1 Å². The van der Waals surface area contributed by atoms with E-state index in [0.29, 0.717) is 0 Å². The molecule has 0 atom stereocenters. The molecular weight excluding hydrogens is 172 g/mol. The molecule has 2 heteroatoms. The van der Waals surface area contributed by atoms with E-state index in [1.165, 1.54) is 6.34 Å². The Morgan fingerprint density at radius 1 is 1.00 bits per heavy atom. The second-order valence-electron chi connectivity index (χ2n) is 2.28. The average Bonchev–Trinajstić information content (AvgIpc) is 2.21. The predicted molar refractivity (Wildman–Crippen MR) is 64.8 cm³/mol. The number of rotatable bonds is 6. The van der Waals surface area contributed by atoms with Crippen LogP contribution in [-0.4, -0.2) is 13.1 Å². The summed E-state index contributed by atoms with van der Waals surface area (Å²) in [6.45, 7) is 14.2. The van der Waals surface area contributed by atoms with E-state index in [9.17, 15) is 0 Å². The fourth-order valence-electron chi connectivity index (χ4n) is 0.813. The summed E-state index contributed by atoms with van der Waals surface area (Å²) in [6, 6.07) is 0. The maximum atomic E-state index is 4.07. The first-order valence-electron chi connectivity index (χ1n) is 4.06. The van der Waals surface area contributed by atoms with Gasteiger partial charge < -0.3 is 0 Å². The van der Waals surface area contributed by atoms with Crippen LogP contribution < -0.4 is 0 Å². The van der Waals surface area contributed by atoms with Crippen molar-refractivity contribution in [2.24, 2.45) is 9.98 Å². The van der Waals surface area contributed by atoms with Gasteiger partial charge in [0.15, 0.2) is 0 Å². The number of hydrogen-bond acceptors (Lipinski definition) is 1. The highest BCUT2D eigenvalue weighted by molar-refractivity contribution is 5.65. The van der Waals surface area contributed by atoms with Crippen LogP contribution in [0.2, 0.25) is 0 Å². The SMILES string of the molecule is C=C\C=C(C=C)/C(=C\C=C)/N=C\N=C. The Hall–Kier alpha value is -1.96. The Kier molecular flexibility index (Phi) is 6.60. The smallest absolute Gasteiger partial charge is 0.115 e.